The van der Waals surface area contributed by atoms with Crippen LogP contribution in [0.3, 0.4) is 0 Å². The van der Waals surface area contributed by atoms with E-state index in [1.165, 1.54) is 0 Å². The maximum absolute atomic E-state index is 13.6. The van der Waals surface area contributed by atoms with E-state index in [4.69, 9.17) is 0 Å². The van der Waals surface area contributed by atoms with Gasteiger partial charge in [0, 0.05) is 68.3 Å². The van der Waals surface area contributed by atoms with Crippen LogP contribution in [-0.4, -0.2) is 102 Å². The Bertz CT molecular complexity index is 2530. The third kappa shape index (κ3) is 10.1. The number of piperidine rings is 1. The van der Waals surface area contributed by atoms with Crippen LogP contribution in [0, 0.1) is 22.7 Å². The molecular weight excluding hydrogens is 781 g/mol. The van der Waals surface area contributed by atoms with E-state index >= 15 is 0 Å². The normalized spacial score (nSPS) is 17.5. The van der Waals surface area contributed by atoms with Crippen molar-refractivity contribution in [1.29, 1.82) is 10.5 Å². The predicted molar refractivity (Wildman–Crippen MR) is 227 cm³/mol. The molecule has 0 bridgehead atoms. The summed E-state index contributed by atoms with van der Waals surface area (Å²) >= 11 is 0. The first-order chi connectivity index (χ1) is 29.8. The molecule has 310 valence electrons. The fraction of sp³-hybridized carbons (Fsp3) is 0.333. The molecule has 2 atom stereocenters. The molecule has 3 aliphatic rings. The first-order valence-electron chi connectivity index (χ1n) is 20.0. The highest BCUT2D eigenvalue weighted by molar-refractivity contribution is 5.69. The summed E-state index contributed by atoms with van der Waals surface area (Å²) in [5, 5.41) is 36.3. The number of hydrogen-bond acceptors (Lipinski definition) is 16. The monoisotopic (exact) mass is 823 g/mol. The van der Waals surface area contributed by atoms with Gasteiger partial charge in [0.1, 0.15) is 41.9 Å². The van der Waals surface area contributed by atoms with Crippen molar-refractivity contribution in [3.8, 4) is 34.7 Å². The van der Waals surface area contributed by atoms with Crippen LogP contribution < -0.4 is 31.1 Å². The molecule has 0 spiro atoms. The third-order valence-corrected chi connectivity index (χ3v) is 10.4. The van der Waals surface area contributed by atoms with Gasteiger partial charge < -0.3 is 31.1 Å². The molecule has 3 aliphatic heterocycles. The number of pyridine rings is 3. The molecule has 61 heavy (non-hydrogen) atoms. The summed E-state index contributed by atoms with van der Waals surface area (Å²) in [5.41, 5.74) is 5.02. The summed E-state index contributed by atoms with van der Waals surface area (Å²) in [4.78, 5) is 34.5. The topological polar surface area (TPSA) is 210 Å². The van der Waals surface area contributed by atoms with Crippen molar-refractivity contribution < 1.29 is 8.78 Å². The lowest BCUT2D eigenvalue weighted by Crippen LogP contribution is -2.35. The molecule has 3 saturated heterocycles. The molecule has 0 saturated carbocycles. The van der Waals surface area contributed by atoms with E-state index in [1.54, 1.807) is 66.1 Å². The number of aromatic nitrogens is 9. The zero-order valence-corrected chi connectivity index (χ0v) is 33.4. The van der Waals surface area contributed by atoms with Gasteiger partial charge in [-0.25, -0.2) is 43.7 Å². The van der Waals surface area contributed by atoms with Gasteiger partial charge in [-0.15, -0.1) is 0 Å². The molecule has 6 aromatic rings. The van der Waals surface area contributed by atoms with E-state index in [1.807, 2.05) is 35.2 Å². The largest absolute Gasteiger partial charge is 0.367 e. The quantitative estimate of drug-likeness (QED) is 0.131. The molecule has 0 radical (unpaired) electrons. The van der Waals surface area contributed by atoms with Crippen LogP contribution in [0.2, 0.25) is 0 Å². The minimum atomic E-state index is -0.882. The SMILES string of the molecule is Cn1cc(Nc2nccc(-c3cnc(N4CCC(F)C4)c(C#N)c3)n2)cn1.N#Cc1cc(-c2ccnc(Nc3ccc(NC4CCNCC4)nc3)n2)cnc1N1CCC(F)C1. The van der Waals surface area contributed by atoms with Gasteiger partial charge in [0.2, 0.25) is 11.9 Å². The molecule has 17 nitrogen and oxygen atoms in total. The second kappa shape index (κ2) is 18.7. The molecule has 0 aliphatic carbocycles. The van der Waals surface area contributed by atoms with E-state index in [-0.39, 0.29) is 13.1 Å². The second-order valence-electron chi connectivity index (χ2n) is 14.9. The zero-order valence-electron chi connectivity index (χ0n) is 33.4. The lowest BCUT2D eigenvalue weighted by molar-refractivity contribution is 0.364. The Hall–Kier alpha value is -7.38. The molecule has 19 heteroatoms. The fourth-order valence-corrected chi connectivity index (χ4v) is 7.32. The van der Waals surface area contributed by atoms with Crippen LogP contribution in [0.25, 0.3) is 22.5 Å². The Labute approximate surface area is 351 Å². The van der Waals surface area contributed by atoms with Crippen LogP contribution in [0.1, 0.15) is 36.8 Å². The predicted octanol–water partition coefficient (Wildman–Crippen LogP) is 5.70. The molecule has 0 aromatic carbocycles. The van der Waals surface area contributed by atoms with Crippen molar-refractivity contribution in [2.45, 2.75) is 44.1 Å². The van der Waals surface area contributed by atoms with Gasteiger partial charge in [0.15, 0.2) is 0 Å². The van der Waals surface area contributed by atoms with Gasteiger partial charge in [-0.3, -0.25) is 4.68 Å². The van der Waals surface area contributed by atoms with Crippen molar-refractivity contribution in [3.05, 3.63) is 90.9 Å². The minimum absolute atomic E-state index is 0.267. The lowest BCUT2D eigenvalue weighted by Gasteiger charge is -2.24. The van der Waals surface area contributed by atoms with Crippen molar-refractivity contribution in [2.75, 3.05) is 65.0 Å². The number of anilines is 7. The molecule has 2 unspecified atom stereocenters. The third-order valence-electron chi connectivity index (χ3n) is 10.4. The standard InChI is InChI=1S/C24H26FN9.C18H17FN8/c25-18-6-10-34(15-18)23-16(12-26)11-17(13-30-23)21-5-9-28-24(33-21)32-20-1-2-22(29-14-20)31-19-3-7-27-8-4-19;1-26-11-15(9-23-26)24-18-21-4-2-16(25-18)13-6-12(7-20)17(22-8-13)27-5-3-14(19)10-27/h1-2,5,9,11,13-14,18-19,27H,3-4,6-8,10,15H2,(H,29,31)(H,28,32,33);2,4,6,8-9,11,14H,3,5,10H2,1H3,(H,21,24,25). The van der Waals surface area contributed by atoms with Gasteiger partial charge in [-0.1, -0.05) is 0 Å². The fourth-order valence-electron chi connectivity index (χ4n) is 7.32. The Balaban J connectivity index is 0.000000173. The summed E-state index contributed by atoms with van der Waals surface area (Å²) in [7, 11) is 1.82. The molecular formula is C42H43F2N17. The molecule has 3 fully saturated rings. The van der Waals surface area contributed by atoms with Gasteiger partial charge in [-0.05, 0) is 75.2 Å². The average Bonchev–Trinajstić information content (AvgIpc) is 4.05. The number of nitriles is 2. The van der Waals surface area contributed by atoms with E-state index < -0.39 is 12.3 Å². The Morgan fingerprint density at radius 2 is 1.26 bits per heavy atom. The first-order valence-corrected chi connectivity index (χ1v) is 20.0. The van der Waals surface area contributed by atoms with Gasteiger partial charge >= 0.3 is 0 Å². The van der Waals surface area contributed by atoms with E-state index in [2.05, 4.69) is 73.4 Å². The van der Waals surface area contributed by atoms with Crippen LogP contribution in [0.4, 0.5) is 49.5 Å². The zero-order chi connectivity index (χ0) is 42.1. The number of hydrogen-bond donors (Lipinski definition) is 4. The first kappa shape index (κ1) is 40.4. The van der Waals surface area contributed by atoms with E-state index in [0.29, 0.717) is 89.1 Å². The molecule has 9 heterocycles. The van der Waals surface area contributed by atoms with Crippen molar-refractivity contribution >= 4 is 40.7 Å². The van der Waals surface area contributed by atoms with E-state index in [9.17, 15) is 19.3 Å². The maximum atomic E-state index is 13.6. The number of halogens is 2. The van der Waals surface area contributed by atoms with Crippen LogP contribution in [-0.2, 0) is 7.05 Å². The molecule has 9 rings (SSSR count). The highest BCUT2D eigenvalue weighted by Crippen LogP contribution is 2.29. The number of nitrogens with zero attached hydrogens (tertiary/aromatic N) is 13. The van der Waals surface area contributed by atoms with Crippen molar-refractivity contribution in [1.82, 2.24) is 50.0 Å². The number of alkyl halides is 2. The number of nitrogens with one attached hydrogen (secondary N) is 4. The second-order valence-corrected chi connectivity index (χ2v) is 14.9. The summed E-state index contributed by atoms with van der Waals surface area (Å²) in [6.07, 6.45) is 13.2. The Kier molecular flexibility index (Phi) is 12.4. The highest BCUT2D eigenvalue weighted by atomic mass is 19.1. The Morgan fingerprint density at radius 3 is 1.74 bits per heavy atom. The van der Waals surface area contributed by atoms with Crippen LogP contribution in [0.15, 0.2) is 79.8 Å². The van der Waals surface area contributed by atoms with E-state index in [0.717, 1.165) is 43.1 Å². The summed E-state index contributed by atoms with van der Waals surface area (Å²) in [6, 6.07) is 15.6. The Morgan fingerprint density at radius 1 is 0.689 bits per heavy atom. The van der Waals surface area contributed by atoms with Gasteiger partial charge in [0.25, 0.3) is 0 Å². The van der Waals surface area contributed by atoms with Crippen LogP contribution in [0.5, 0.6) is 0 Å². The van der Waals surface area contributed by atoms with Gasteiger partial charge in [-0.2, -0.15) is 15.6 Å². The van der Waals surface area contributed by atoms with Crippen molar-refractivity contribution in [2.24, 2.45) is 7.05 Å². The van der Waals surface area contributed by atoms with Gasteiger partial charge in [0.05, 0.1) is 59.4 Å². The lowest BCUT2D eigenvalue weighted by atomic mass is 10.1. The smallest absolute Gasteiger partial charge is 0.227 e. The van der Waals surface area contributed by atoms with Crippen molar-refractivity contribution in [3.63, 3.8) is 0 Å². The molecule has 4 N–H and O–H groups in total. The number of aryl methyl sites for hydroxylation is 1. The number of rotatable bonds is 10. The highest BCUT2D eigenvalue weighted by Gasteiger charge is 2.26. The molecule has 0 amide bonds. The van der Waals surface area contributed by atoms with Crippen LogP contribution >= 0.6 is 0 Å². The summed E-state index contributed by atoms with van der Waals surface area (Å²) < 4.78 is 28.8. The minimum Gasteiger partial charge on any atom is -0.367 e. The average molecular weight is 824 g/mol. The maximum Gasteiger partial charge on any atom is 0.227 e. The summed E-state index contributed by atoms with van der Waals surface area (Å²) in [5.74, 6) is 2.72. The molecule has 6 aromatic heterocycles. The summed E-state index contributed by atoms with van der Waals surface area (Å²) in [6.45, 7) is 3.71.